The quantitative estimate of drug-likeness (QED) is 0.648. The molecule has 0 radical (unpaired) electrons. The van der Waals surface area contributed by atoms with Gasteiger partial charge >= 0.3 is 0 Å². The lowest BCUT2D eigenvalue weighted by Crippen LogP contribution is -2.34. The number of hydrogen-bond acceptors (Lipinski definition) is 3. The van der Waals surface area contributed by atoms with E-state index in [2.05, 4.69) is 26.6 Å². The molecule has 0 heterocycles. The summed E-state index contributed by atoms with van der Waals surface area (Å²) in [5.41, 5.74) is 1.61. The highest BCUT2D eigenvalue weighted by Crippen LogP contribution is 2.24. The first kappa shape index (κ1) is 19.8. The molecule has 0 unspecified atom stereocenters. The Hall–Kier alpha value is -1.57. The third kappa shape index (κ3) is 6.34. The number of thioether (sulfide) groups is 1. The molecule has 2 aromatic rings. The van der Waals surface area contributed by atoms with Crippen molar-refractivity contribution in [1.82, 2.24) is 5.32 Å². The van der Waals surface area contributed by atoms with Gasteiger partial charge in [-0.1, -0.05) is 27.5 Å². The molecule has 0 saturated carbocycles. The minimum absolute atomic E-state index is 0.00894. The number of carbonyl (C=O) groups excluding carboxylic acids is 2. The SMILES string of the molecule is Cc1cc(Br)ccc1NC(=O)CNC(=O)CSc1ccc(F)c(Cl)c1. The van der Waals surface area contributed by atoms with E-state index in [9.17, 15) is 14.0 Å². The summed E-state index contributed by atoms with van der Waals surface area (Å²) in [6.45, 7) is 1.75. The van der Waals surface area contributed by atoms with Crippen LogP contribution < -0.4 is 10.6 Å². The molecule has 0 saturated heterocycles. The lowest BCUT2D eigenvalue weighted by atomic mass is 10.2. The predicted molar refractivity (Wildman–Crippen MR) is 103 cm³/mol. The van der Waals surface area contributed by atoms with Gasteiger partial charge in [0.1, 0.15) is 5.82 Å². The third-order valence-electron chi connectivity index (χ3n) is 3.17. The second-order valence-corrected chi connectivity index (χ2v) is 7.52. The molecule has 25 heavy (non-hydrogen) atoms. The molecule has 0 bridgehead atoms. The molecule has 132 valence electrons. The van der Waals surface area contributed by atoms with Gasteiger partial charge < -0.3 is 10.6 Å². The van der Waals surface area contributed by atoms with Gasteiger partial charge in [0.05, 0.1) is 17.3 Å². The maximum absolute atomic E-state index is 13.1. The zero-order valence-electron chi connectivity index (χ0n) is 13.2. The highest BCUT2D eigenvalue weighted by molar-refractivity contribution is 9.10. The van der Waals surface area contributed by atoms with Crippen LogP contribution in [0.25, 0.3) is 0 Å². The summed E-state index contributed by atoms with van der Waals surface area (Å²) in [6.07, 6.45) is 0. The number of hydrogen-bond donors (Lipinski definition) is 2. The zero-order chi connectivity index (χ0) is 18.4. The van der Waals surface area contributed by atoms with Gasteiger partial charge in [-0.05, 0) is 48.9 Å². The van der Waals surface area contributed by atoms with Crippen LogP contribution in [0.5, 0.6) is 0 Å². The number of carbonyl (C=O) groups is 2. The molecule has 0 aliphatic rings. The van der Waals surface area contributed by atoms with Gasteiger partial charge in [-0.25, -0.2) is 4.39 Å². The Morgan fingerprint density at radius 1 is 1.20 bits per heavy atom. The molecule has 2 aromatic carbocycles. The van der Waals surface area contributed by atoms with Crippen LogP contribution in [0.15, 0.2) is 45.8 Å². The first-order valence-corrected chi connectivity index (χ1v) is 9.41. The number of amides is 2. The zero-order valence-corrected chi connectivity index (χ0v) is 16.4. The monoisotopic (exact) mass is 444 g/mol. The Kier molecular flexibility index (Phi) is 7.28. The number of nitrogens with one attached hydrogen (secondary N) is 2. The van der Waals surface area contributed by atoms with Gasteiger partial charge in [0.15, 0.2) is 0 Å². The Morgan fingerprint density at radius 3 is 2.64 bits per heavy atom. The van der Waals surface area contributed by atoms with Crippen LogP contribution in [-0.2, 0) is 9.59 Å². The highest BCUT2D eigenvalue weighted by Gasteiger charge is 2.09. The van der Waals surface area contributed by atoms with E-state index in [0.717, 1.165) is 10.0 Å². The lowest BCUT2D eigenvalue weighted by Gasteiger charge is -2.09. The van der Waals surface area contributed by atoms with Crippen molar-refractivity contribution in [3.05, 3.63) is 57.3 Å². The van der Waals surface area contributed by atoms with Gasteiger partial charge in [0.2, 0.25) is 11.8 Å². The fourth-order valence-electron chi connectivity index (χ4n) is 1.91. The van der Waals surface area contributed by atoms with Crippen LogP contribution in [0.4, 0.5) is 10.1 Å². The third-order valence-corrected chi connectivity index (χ3v) is 4.95. The molecule has 2 rings (SSSR count). The van der Waals surface area contributed by atoms with Gasteiger partial charge in [-0.2, -0.15) is 0 Å². The van der Waals surface area contributed by atoms with Gasteiger partial charge in [-0.15, -0.1) is 11.8 Å². The van der Waals surface area contributed by atoms with Gasteiger partial charge in [0.25, 0.3) is 0 Å². The molecule has 0 aromatic heterocycles. The summed E-state index contributed by atoms with van der Waals surface area (Å²) in [5.74, 6) is -1.01. The van der Waals surface area contributed by atoms with Crippen LogP contribution >= 0.6 is 39.3 Å². The molecule has 0 aliphatic carbocycles. The Bertz CT molecular complexity index is 804. The van der Waals surface area contributed by atoms with Crippen molar-refractivity contribution in [1.29, 1.82) is 0 Å². The summed E-state index contributed by atoms with van der Waals surface area (Å²) in [4.78, 5) is 24.4. The molecule has 0 aliphatic heterocycles. The summed E-state index contributed by atoms with van der Waals surface area (Å²) in [5, 5.41) is 5.29. The molecule has 8 heteroatoms. The van der Waals surface area contributed by atoms with E-state index in [1.54, 1.807) is 12.1 Å². The molecule has 0 spiro atoms. The maximum Gasteiger partial charge on any atom is 0.243 e. The first-order valence-electron chi connectivity index (χ1n) is 7.25. The van der Waals surface area contributed by atoms with Crippen LogP contribution in [0.3, 0.4) is 0 Å². The van der Waals surface area contributed by atoms with Crippen molar-refractivity contribution < 1.29 is 14.0 Å². The Morgan fingerprint density at radius 2 is 1.96 bits per heavy atom. The van der Waals surface area contributed by atoms with Crippen molar-refractivity contribution in [2.24, 2.45) is 0 Å². The number of aryl methyl sites for hydroxylation is 1. The van der Waals surface area contributed by atoms with Crippen molar-refractivity contribution in [2.75, 3.05) is 17.6 Å². The number of benzene rings is 2. The van der Waals surface area contributed by atoms with E-state index < -0.39 is 5.82 Å². The summed E-state index contributed by atoms with van der Waals surface area (Å²) in [6, 6.07) is 9.74. The fourth-order valence-corrected chi connectivity index (χ4v) is 3.39. The molecular weight excluding hydrogens is 431 g/mol. The van der Waals surface area contributed by atoms with Crippen molar-refractivity contribution >= 4 is 56.8 Å². The van der Waals surface area contributed by atoms with E-state index in [1.165, 1.54) is 23.9 Å². The average Bonchev–Trinajstić information content (AvgIpc) is 2.56. The average molecular weight is 446 g/mol. The minimum atomic E-state index is -0.504. The van der Waals surface area contributed by atoms with Crippen LogP contribution in [-0.4, -0.2) is 24.1 Å². The van der Waals surface area contributed by atoms with Crippen molar-refractivity contribution in [3.8, 4) is 0 Å². The van der Waals surface area contributed by atoms with Crippen molar-refractivity contribution in [2.45, 2.75) is 11.8 Å². The second-order valence-electron chi connectivity index (χ2n) is 5.15. The number of anilines is 1. The maximum atomic E-state index is 13.1. The minimum Gasteiger partial charge on any atom is -0.346 e. The molecule has 0 fully saturated rings. The smallest absolute Gasteiger partial charge is 0.243 e. The van der Waals surface area contributed by atoms with Crippen LogP contribution in [0, 0.1) is 12.7 Å². The first-order chi connectivity index (χ1) is 11.8. The predicted octanol–water partition coefficient (Wildman–Crippen LogP) is 4.40. The number of halogens is 3. The standard InChI is InChI=1S/C17H15BrClFN2O2S/c1-10-6-11(18)2-5-15(10)22-16(23)8-21-17(24)9-25-12-3-4-14(20)13(19)7-12/h2-7H,8-9H2,1H3,(H,21,24)(H,22,23). The van der Waals surface area contributed by atoms with Crippen molar-refractivity contribution in [3.63, 3.8) is 0 Å². The normalized spacial score (nSPS) is 10.4. The molecule has 2 amide bonds. The molecule has 2 N–H and O–H groups in total. The highest BCUT2D eigenvalue weighted by atomic mass is 79.9. The van der Waals surface area contributed by atoms with E-state index in [1.807, 2.05) is 19.1 Å². The molecule has 0 atom stereocenters. The fraction of sp³-hybridized carbons (Fsp3) is 0.176. The lowest BCUT2D eigenvalue weighted by molar-refractivity contribution is -0.122. The number of rotatable bonds is 6. The summed E-state index contributed by atoms with van der Waals surface area (Å²) in [7, 11) is 0. The van der Waals surface area contributed by atoms with Gasteiger partial charge in [0, 0.05) is 15.1 Å². The molecule has 4 nitrogen and oxygen atoms in total. The van der Waals surface area contributed by atoms with E-state index in [-0.39, 0.29) is 29.1 Å². The Labute approximate surface area is 162 Å². The summed E-state index contributed by atoms with van der Waals surface area (Å²) < 4.78 is 14.0. The second kappa shape index (κ2) is 9.22. The largest absolute Gasteiger partial charge is 0.346 e. The summed E-state index contributed by atoms with van der Waals surface area (Å²) >= 11 is 10.3. The topological polar surface area (TPSA) is 58.2 Å². The van der Waals surface area contributed by atoms with Crippen LogP contribution in [0.1, 0.15) is 5.56 Å². The van der Waals surface area contributed by atoms with Crippen LogP contribution in [0.2, 0.25) is 5.02 Å². The Balaban J connectivity index is 1.77. The van der Waals surface area contributed by atoms with Gasteiger partial charge in [-0.3, -0.25) is 9.59 Å². The van der Waals surface area contributed by atoms with E-state index >= 15 is 0 Å². The van der Waals surface area contributed by atoms with E-state index in [4.69, 9.17) is 11.6 Å². The van der Waals surface area contributed by atoms with E-state index in [0.29, 0.717) is 10.6 Å². The molecular formula is C17H15BrClFN2O2S.